The van der Waals surface area contributed by atoms with Crippen LogP contribution >= 0.6 is 0 Å². The summed E-state index contributed by atoms with van der Waals surface area (Å²) >= 11 is 0. The third-order valence-electron chi connectivity index (χ3n) is 5.59. The number of rotatable bonds is 7. The van der Waals surface area contributed by atoms with E-state index < -0.39 is 6.23 Å². The molecule has 0 amide bonds. The fraction of sp³-hybridized carbons (Fsp3) is 0.269. The van der Waals surface area contributed by atoms with Crippen molar-refractivity contribution in [3.05, 3.63) is 78.2 Å². The van der Waals surface area contributed by atoms with E-state index in [0.717, 1.165) is 37.2 Å². The number of aliphatic hydroxyl groups is 1. The first-order valence-electron chi connectivity index (χ1n) is 11.0. The molecule has 2 heterocycles. The summed E-state index contributed by atoms with van der Waals surface area (Å²) in [6.07, 6.45) is 4.15. The number of nitrogens with one attached hydrogen (secondary N) is 2. The predicted molar refractivity (Wildman–Crippen MR) is 129 cm³/mol. The van der Waals surface area contributed by atoms with Crippen molar-refractivity contribution in [1.82, 2.24) is 14.9 Å². The lowest BCUT2D eigenvalue weighted by molar-refractivity contribution is 0.0331. The summed E-state index contributed by atoms with van der Waals surface area (Å²) in [4.78, 5) is 10.5. The minimum atomic E-state index is -0.715. The Labute approximate surface area is 194 Å². The van der Waals surface area contributed by atoms with Crippen LogP contribution in [0.15, 0.2) is 67.1 Å². The molecule has 1 saturated heterocycles. The molecule has 0 spiro atoms. The molecule has 1 atom stereocenters. The first-order valence-corrected chi connectivity index (χ1v) is 11.0. The van der Waals surface area contributed by atoms with E-state index in [1.165, 1.54) is 6.33 Å². The van der Waals surface area contributed by atoms with Crippen molar-refractivity contribution < 1.29 is 9.84 Å². The van der Waals surface area contributed by atoms with Crippen LogP contribution in [0, 0.1) is 17.3 Å². The quantitative estimate of drug-likeness (QED) is 0.380. The molecule has 3 N–H and O–H groups in total. The lowest BCUT2D eigenvalue weighted by Gasteiger charge is -2.33. The van der Waals surface area contributed by atoms with Crippen LogP contribution in [0.25, 0.3) is 0 Å². The molecule has 1 fully saturated rings. The van der Waals surface area contributed by atoms with Gasteiger partial charge in [-0.1, -0.05) is 24.1 Å². The van der Waals surface area contributed by atoms with Crippen molar-refractivity contribution in [3.63, 3.8) is 0 Å². The number of aromatic nitrogens is 2. The molecule has 2 aromatic carbocycles. The maximum atomic E-state index is 10.1. The zero-order valence-electron chi connectivity index (χ0n) is 18.5. The topological polar surface area (TPSA) is 94.4 Å². The van der Waals surface area contributed by atoms with Crippen LogP contribution in [0.3, 0.4) is 0 Å². The fourth-order valence-corrected chi connectivity index (χ4v) is 3.80. The molecule has 1 aromatic heterocycles. The van der Waals surface area contributed by atoms with Gasteiger partial charge in [-0.25, -0.2) is 9.97 Å². The van der Waals surface area contributed by atoms with Crippen molar-refractivity contribution in [1.29, 1.82) is 5.41 Å². The highest BCUT2D eigenvalue weighted by Crippen LogP contribution is 2.24. The summed E-state index contributed by atoms with van der Waals surface area (Å²) < 4.78 is 5.85. The highest BCUT2D eigenvalue weighted by atomic mass is 16.5. The molecule has 0 bridgehead atoms. The molecule has 3 aromatic rings. The summed E-state index contributed by atoms with van der Waals surface area (Å²) in [7, 11) is 0. The molecule has 1 unspecified atom stereocenters. The van der Waals surface area contributed by atoms with Crippen LogP contribution in [-0.4, -0.2) is 51.0 Å². The average Bonchev–Trinajstić information content (AvgIpc) is 2.86. The van der Waals surface area contributed by atoms with Crippen molar-refractivity contribution in [2.45, 2.75) is 32.0 Å². The van der Waals surface area contributed by atoms with Crippen LogP contribution in [0.4, 0.5) is 5.82 Å². The molecule has 33 heavy (non-hydrogen) atoms. The van der Waals surface area contributed by atoms with Gasteiger partial charge in [-0.15, -0.1) is 5.92 Å². The van der Waals surface area contributed by atoms with E-state index in [1.54, 1.807) is 13.1 Å². The largest absolute Gasteiger partial charge is 0.457 e. The van der Waals surface area contributed by atoms with Gasteiger partial charge in [0.05, 0.1) is 11.3 Å². The Bertz CT molecular complexity index is 1130. The maximum absolute atomic E-state index is 10.1. The number of anilines is 1. The number of ether oxygens (including phenoxy) is 1. The van der Waals surface area contributed by atoms with Crippen LogP contribution in [-0.2, 0) is 0 Å². The molecular formula is C26H27N5O2. The second kappa shape index (κ2) is 10.7. The second-order valence-corrected chi connectivity index (χ2v) is 7.82. The predicted octanol–water partition coefficient (Wildman–Crippen LogP) is 3.90. The number of aliphatic hydroxyl groups excluding tert-OH is 1. The number of hydrogen-bond donors (Lipinski definition) is 3. The van der Waals surface area contributed by atoms with E-state index in [9.17, 15) is 5.11 Å². The van der Waals surface area contributed by atoms with Gasteiger partial charge in [-0.3, -0.25) is 10.3 Å². The van der Waals surface area contributed by atoms with E-state index in [1.807, 2.05) is 59.5 Å². The van der Waals surface area contributed by atoms with Gasteiger partial charge in [0, 0.05) is 30.9 Å². The summed E-state index contributed by atoms with van der Waals surface area (Å²) in [5.74, 6) is 7.68. The third-order valence-corrected chi connectivity index (χ3v) is 5.59. The van der Waals surface area contributed by atoms with Gasteiger partial charge in [0.15, 0.2) is 6.23 Å². The Hall–Kier alpha value is -3.73. The Balaban J connectivity index is 1.42. The molecule has 0 radical (unpaired) electrons. The lowest BCUT2D eigenvalue weighted by Crippen LogP contribution is -2.44. The first-order chi connectivity index (χ1) is 16.1. The first kappa shape index (κ1) is 22.5. The molecule has 1 aliphatic rings. The normalized spacial score (nSPS) is 15.2. The Morgan fingerprint density at radius 3 is 2.52 bits per heavy atom. The van der Waals surface area contributed by atoms with E-state index >= 15 is 0 Å². The zero-order valence-corrected chi connectivity index (χ0v) is 18.5. The van der Waals surface area contributed by atoms with Gasteiger partial charge in [0.1, 0.15) is 23.6 Å². The standard InChI is InChI=1S/C26H27N5O2/c1-2-6-24(32)31-15-13-20(14-16-31)30-26-23(17-28-18-29-26)25(27)19-9-11-22(12-10-19)33-21-7-4-3-5-8-21/h3-5,7-12,17-18,20,24,27,32H,13-16H2,1H3,(H,28,29,30). The van der Waals surface area contributed by atoms with E-state index in [0.29, 0.717) is 22.8 Å². The van der Waals surface area contributed by atoms with Gasteiger partial charge in [0.2, 0.25) is 0 Å². The highest BCUT2D eigenvalue weighted by molar-refractivity contribution is 6.13. The molecule has 168 valence electrons. The van der Waals surface area contributed by atoms with Gasteiger partial charge in [-0.2, -0.15) is 0 Å². The highest BCUT2D eigenvalue weighted by Gasteiger charge is 2.24. The fourth-order valence-electron chi connectivity index (χ4n) is 3.80. The van der Waals surface area contributed by atoms with Gasteiger partial charge in [0.25, 0.3) is 0 Å². The Kier molecular flexibility index (Phi) is 7.30. The Morgan fingerprint density at radius 1 is 1.12 bits per heavy atom. The second-order valence-electron chi connectivity index (χ2n) is 7.82. The Morgan fingerprint density at radius 2 is 1.82 bits per heavy atom. The monoisotopic (exact) mass is 441 g/mol. The molecule has 7 nitrogen and oxygen atoms in total. The summed E-state index contributed by atoms with van der Waals surface area (Å²) in [5, 5.41) is 22.3. The number of likely N-dealkylation sites (tertiary alicyclic amines) is 1. The van der Waals surface area contributed by atoms with Gasteiger partial charge >= 0.3 is 0 Å². The molecule has 7 heteroatoms. The third kappa shape index (κ3) is 5.75. The molecule has 0 aliphatic carbocycles. The number of para-hydroxylation sites is 1. The summed E-state index contributed by atoms with van der Waals surface area (Å²) in [6.45, 7) is 3.22. The number of piperidine rings is 1. The number of hydrogen-bond acceptors (Lipinski definition) is 7. The van der Waals surface area contributed by atoms with Gasteiger partial charge in [-0.05, 0) is 56.2 Å². The maximum Gasteiger partial charge on any atom is 0.170 e. The smallest absolute Gasteiger partial charge is 0.170 e. The molecule has 1 aliphatic heterocycles. The summed E-state index contributed by atoms with van der Waals surface area (Å²) in [5.41, 5.74) is 1.74. The number of nitrogens with zero attached hydrogens (tertiary/aromatic N) is 3. The van der Waals surface area contributed by atoms with Crippen LogP contribution in [0.1, 0.15) is 30.9 Å². The van der Waals surface area contributed by atoms with Crippen molar-refractivity contribution >= 4 is 11.5 Å². The molecular weight excluding hydrogens is 414 g/mol. The van der Waals surface area contributed by atoms with Crippen LogP contribution in [0.5, 0.6) is 11.5 Å². The van der Waals surface area contributed by atoms with Crippen LogP contribution < -0.4 is 10.1 Å². The molecule has 4 rings (SSSR count). The van der Waals surface area contributed by atoms with Crippen LogP contribution in [0.2, 0.25) is 0 Å². The number of benzene rings is 2. The SMILES string of the molecule is CC#CC(O)N1CCC(Nc2ncncc2C(=N)c2ccc(Oc3ccccc3)cc2)CC1. The van der Waals surface area contributed by atoms with E-state index in [4.69, 9.17) is 10.1 Å². The van der Waals surface area contributed by atoms with Gasteiger partial charge < -0.3 is 15.2 Å². The van der Waals surface area contributed by atoms with Crippen molar-refractivity contribution in [2.24, 2.45) is 0 Å². The average molecular weight is 442 g/mol. The minimum absolute atomic E-state index is 0.200. The van der Waals surface area contributed by atoms with E-state index in [-0.39, 0.29) is 6.04 Å². The summed E-state index contributed by atoms with van der Waals surface area (Å²) in [6, 6.07) is 17.2. The lowest BCUT2D eigenvalue weighted by atomic mass is 10.0. The minimum Gasteiger partial charge on any atom is -0.457 e. The van der Waals surface area contributed by atoms with Crippen molar-refractivity contribution in [3.8, 4) is 23.3 Å². The van der Waals surface area contributed by atoms with E-state index in [2.05, 4.69) is 27.1 Å². The zero-order chi connectivity index (χ0) is 23.0. The van der Waals surface area contributed by atoms with Crippen molar-refractivity contribution in [2.75, 3.05) is 18.4 Å². The molecule has 0 saturated carbocycles.